The van der Waals surface area contributed by atoms with Gasteiger partial charge < -0.3 is 4.74 Å². The molecule has 0 heterocycles. The Labute approximate surface area is 235 Å². The summed E-state index contributed by atoms with van der Waals surface area (Å²) in [5.74, 6) is -0.845. The molecule has 0 unspecified atom stereocenters. The molecule has 39 heavy (non-hydrogen) atoms. The third-order valence-electron chi connectivity index (χ3n) is 5.26. The molecule has 198 valence electrons. The largest absolute Gasteiger partial charge is 0.423 e. The van der Waals surface area contributed by atoms with Crippen molar-refractivity contribution in [3.05, 3.63) is 124 Å². The van der Waals surface area contributed by atoms with Crippen molar-refractivity contribution in [2.45, 2.75) is 4.90 Å². The monoisotopic (exact) mass is 581 g/mol. The number of nitrogens with one attached hydrogen (secondary N) is 1. The van der Waals surface area contributed by atoms with E-state index in [4.69, 9.17) is 27.9 Å². The molecule has 0 saturated heterocycles. The smallest absolute Gasteiger partial charge is 0.343 e. The molecule has 0 bridgehead atoms. The average molecular weight is 582 g/mol. The van der Waals surface area contributed by atoms with Crippen LogP contribution in [0.25, 0.3) is 0 Å². The fourth-order valence-corrected chi connectivity index (χ4v) is 5.36. The normalized spacial score (nSPS) is 11.2. The van der Waals surface area contributed by atoms with Gasteiger partial charge in [0.2, 0.25) is 0 Å². The number of anilines is 1. The topological polar surface area (TPSA) is 105 Å². The zero-order valence-corrected chi connectivity index (χ0v) is 22.5. The van der Waals surface area contributed by atoms with Crippen molar-refractivity contribution < 1.29 is 22.7 Å². The third-order valence-corrected chi connectivity index (χ3v) is 7.48. The lowest BCUT2D eigenvalue weighted by atomic mass is 10.2. The van der Waals surface area contributed by atoms with Gasteiger partial charge in [-0.25, -0.2) is 18.6 Å². The lowest BCUT2D eigenvalue weighted by Gasteiger charge is -2.24. The molecule has 0 aliphatic carbocycles. The van der Waals surface area contributed by atoms with Crippen LogP contribution in [0.2, 0.25) is 10.0 Å². The predicted molar refractivity (Wildman–Crippen MR) is 151 cm³/mol. The number of carbonyl (C=O) groups is 2. The summed E-state index contributed by atoms with van der Waals surface area (Å²) in [7, 11) is -4.13. The maximum Gasteiger partial charge on any atom is 0.343 e. The molecule has 0 saturated carbocycles. The molecule has 1 amide bonds. The number of hydrogen-bond donors (Lipinski definition) is 1. The summed E-state index contributed by atoms with van der Waals surface area (Å²) in [6.45, 7) is -0.584. The van der Waals surface area contributed by atoms with Crippen LogP contribution < -0.4 is 14.5 Å². The minimum atomic E-state index is -4.13. The summed E-state index contributed by atoms with van der Waals surface area (Å²) >= 11 is 12.2. The summed E-state index contributed by atoms with van der Waals surface area (Å²) < 4.78 is 33.0. The lowest BCUT2D eigenvalue weighted by molar-refractivity contribution is -0.119. The number of halogens is 2. The lowest BCUT2D eigenvalue weighted by Crippen LogP contribution is -2.39. The first kappa shape index (κ1) is 27.8. The number of esters is 1. The molecule has 0 spiro atoms. The molecular weight excluding hydrogens is 561 g/mol. The van der Waals surface area contributed by atoms with Crippen molar-refractivity contribution in [2.24, 2.45) is 5.10 Å². The first-order valence-electron chi connectivity index (χ1n) is 11.5. The minimum absolute atomic E-state index is 0.00884. The van der Waals surface area contributed by atoms with Crippen molar-refractivity contribution >= 4 is 57.0 Å². The molecule has 0 atom stereocenters. The number of hydrazone groups is 1. The Bertz CT molecular complexity index is 1580. The van der Waals surface area contributed by atoms with Crippen molar-refractivity contribution in [3.8, 4) is 5.75 Å². The summed E-state index contributed by atoms with van der Waals surface area (Å²) in [5, 5.41) is 4.33. The van der Waals surface area contributed by atoms with Crippen LogP contribution in [0.4, 0.5) is 5.69 Å². The Morgan fingerprint density at radius 1 is 0.846 bits per heavy atom. The second-order valence-corrected chi connectivity index (χ2v) is 10.8. The van der Waals surface area contributed by atoms with Gasteiger partial charge in [0, 0.05) is 10.0 Å². The fourth-order valence-electron chi connectivity index (χ4n) is 3.42. The fraction of sp³-hybridized carbons (Fsp3) is 0.0357. The predicted octanol–water partition coefficient (Wildman–Crippen LogP) is 5.56. The van der Waals surface area contributed by atoms with Crippen LogP contribution in [-0.4, -0.2) is 33.1 Å². The highest BCUT2D eigenvalue weighted by Gasteiger charge is 2.27. The molecule has 0 aliphatic heterocycles. The van der Waals surface area contributed by atoms with Crippen LogP contribution in [-0.2, 0) is 14.8 Å². The molecule has 8 nitrogen and oxygen atoms in total. The van der Waals surface area contributed by atoms with E-state index in [2.05, 4.69) is 10.5 Å². The SMILES string of the molecule is O=C(CN(c1cc(Cl)cc(Cl)c1)S(=O)(=O)c1ccccc1)N/N=C\c1ccc(OC(=O)c2ccccc2)cc1. The highest BCUT2D eigenvalue weighted by atomic mass is 35.5. The number of ether oxygens (including phenoxy) is 1. The molecule has 4 rings (SSSR count). The number of nitrogens with zero attached hydrogens (tertiary/aromatic N) is 2. The summed E-state index contributed by atoms with van der Waals surface area (Å²) in [6.07, 6.45) is 1.37. The van der Waals surface area contributed by atoms with Crippen molar-refractivity contribution in [3.63, 3.8) is 0 Å². The quantitative estimate of drug-likeness (QED) is 0.121. The maximum absolute atomic E-state index is 13.4. The van der Waals surface area contributed by atoms with Gasteiger partial charge in [-0.1, -0.05) is 59.6 Å². The molecule has 0 radical (unpaired) electrons. The zero-order chi connectivity index (χ0) is 27.8. The van der Waals surface area contributed by atoms with E-state index in [-0.39, 0.29) is 20.6 Å². The van der Waals surface area contributed by atoms with Crippen molar-refractivity contribution in [2.75, 3.05) is 10.8 Å². The standard InChI is InChI=1S/C28H21Cl2N3O5S/c29-22-15-23(30)17-24(16-22)33(39(36,37)26-9-5-2-6-10-26)19-27(34)32-31-18-20-11-13-25(14-12-20)38-28(35)21-7-3-1-4-8-21/h1-18H,19H2,(H,32,34)/b31-18-. The molecule has 4 aromatic carbocycles. The number of sulfonamides is 1. The van der Waals surface area contributed by atoms with E-state index in [0.29, 0.717) is 16.9 Å². The number of rotatable bonds is 9. The molecule has 4 aromatic rings. The molecule has 11 heteroatoms. The second-order valence-electron chi connectivity index (χ2n) is 8.07. The Kier molecular flexibility index (Phi) is 8.98. The van der Waals surface area contributed by atoms with Crippen LogP contribution >= 0.6 is 23.2 Å². The Hall–Kier alpha value is -4.18. The van der Waals surface area contributed by atoms with Gasteiger partial charge in [-0.2, -0.15) is 5.10 Å². The second kappa shape index (κ2) is 12.6. The molecule has 1 N–H and O–H groups in total. The van der Waals surface area contributed by atoms with Gasteiger partial charge in [-0.15, -0.1) is 0 Å². The maximum atomic E-state index is 13.4. The number of amides is 1. The Balaban J connectivity index is 1.44. The van der Waals surface area contributed by atoms with E-state index in [9.17, 15) is 18.0 Å². The van der Waals surface area contributed by atoms with Gasteiger partial charge in [-0.05, 0) is 72.3 Å². The van der Waals surface area contributed by atoms with Gasteiger partial charge in [-0.3, -0.25) is 9.10 Å². The van der Waals surface area contributed by atoms with Crippen LogP contribution in [0.15, 0.2) is 113 Å². The van der Waals surface area contributed by atoms with E-state index in [1.165, 1.54) is 36.5 Å². The highest BCUT2D eigenvalue weighted by molar-refractivity contribution is 7.92. The van der Waals surface area contributed by atoms with E-state index in [0.717, 1.165) is 4.31 Å². The van der Waals surface area contributed by atoms with Crippen LogP contribution in [0.5, 0.6) is 5.75 Å². The van der Waals surface area contributed by atoms with Crippen molar-refractivity contribution in [1.29, 1.82) is 0 Å². The number of carbonyl (C=O) groups excluding carboxylic acids is 2. The van der Waals surface area contributed by atoms with Gasteiger partial charge in [0.25, 0.3) is 15.9 Å². The van der Waals surface area contributed by atoms with E-state index in [1.807, 2.05) is 0 Å². The molecule has 0 aromatic heterocycles. The van der Waals surface area contributed by atoms with Crippen LogP contribution in [0, 0.1) is 0 Å². The first-order valence-corrected chi connectivity index (χ1v) is 13.6. The van der Waals surface area contributed by atoms with Gasteiger partial charge >= 0.3 is 5.97 Å². The van der Waals surface area contributed by atoms with Gasteiger partial charge in [0.05, 0.1) is 22.4 Å². The van der Waals surface area contributed by atoms with E-state index < -0.39 is 28.4 Å². The summed E-state index contributed by atoms with van der Waals surface area (Å²) in [6, 6.07) is 27.0. The summed E-state index contributed by atoms with van der Waals surface area (Å²) in [4.78, 5) is 24.9. The van der Waals surface area contributed by atoms with Crippen LogP contribution in [0.1, 0.15) is 15.9 Å². The molecule has 0 fully saturated rings. The third kappa shape index (κ3) is 7.44. The summed E-state index contributed by atoms with van der Waals surface area (Å²) in [5.41, 5.74) is 3.47. The van der Waals surface area contributed by atoms with E-state index >= 15 is 0 Å². The Morgan fingerprint density at radius 3 is 2.05 bits per heavy atom. The highest BCUT2D eigenvalue weighted by Crippen LogP contribution is 2.29. The molecular formula is C28H21Cl2N3O5S. The van der Waals surface area contributed by atoms with E-state index in [1.54, 1.807) is 72.8 Å². The first-order chi connectivity index (χ1) is 18.7. The minimum Gasteiger partial charge on any atom is -0.423 e. The van der Waals surface area contributed by atoms with Crippen LogP contribution in [0.3, 0.4) is 0 Å². The van der Waals surface area contributed by atoms with Gasteiger partial charge in [0.15, 0.2) is 0 Å². The number of benzene rings is 4. The average Bonchev–Trinajstić information content (AvgIpc) is 2.93. The molecule has 0 aliphatic rings. The number of hydrogen-bond acceptors (Lipinski definition) is 6. The van der Waals surface area contributed by atoms with Crippen molar-refractivity contribution in [1.82, 2.24) is 5.43 Å². The van der Waals surface area contributed by atoms with Gasteiger partial charge in [0.1, 0.15) is 12.3 Å². The zero-order valence-electron chi connectivity index (χ0n) is 20.2. The Morgan fingerprint density at radius 2 is 1.44 bits per heavy atom.